The first kappa shape index (κ1) is 18.6. The summed E-state index contributed by atoms with van der Waals surface area (Å²) in [5, 5.41) is 11.5. The van der Waals surface area contributed by atoms with E-state index in [0.717, 1.165) is 48.6 Å². The fourth-order valence-corrected chi connectivity index (χ4v) is 3.73. The van der Waals surface area contributed by atoms with Crippen molar-refractivity contribution in [1.82, 2.24) is 15.5 Å². The van der Waals surface area contributed by atoms with Crippen molar-refractivity contribution < 1.29 is 4.79 Å². The molecular formula is C22H23ClN4O. The predicted octanol–water partition coefficient (Wildman–Crippen LogP) is 4.06. The maximum absolute atomic E-state index is 12.4. The minimum Gasteiger partial charge on any atom is -0.353 e. The zero-order valence-corrected chi connectivity index (χ0v) is 16.3. The van der Waals surface area contributed by atoms with Crippen molar-refractivity contribution in [3.63, 3.8) is 0 Å². The Morgan fingerprint density at radius 1 is 1.18 bits per heavy atom. The van der Waals surface area contributed by atoms with E-state index < -0.39 is 0 Å². The van der Waals surface area contributed by atoms with E-state index in [4.69, 9.17) is 11.6 Å². The Morgan fingerprint density at radius 3 is 2.75 bits per heavy atom. The van der Waals surface area contributed by atoms with Crippen molar-refractivity contribution in [2.24, 2.45) is 0 Å². The van der Waals surface area contributed by atoms with Crippen molar-refractivity contribution in [2.75, 3.05) is 18.0 Å². The Balaban J connectivity index is 1.36. The normalized spacial score (nSPS) is 16.8. The van der Waals surface area contributed by atoms with E-state index in [2.05, 4.69) is 38.6 Å². The number of amides is 1. The standard InChI is InChI=1S/C22H23ClN4O/c23-18-10-8-16(9-11-18)13-22(28)24-19-7-4-12-27(15-19)21-14-20(25-26-21)17-5-2-1-3-6-17/h1-3,5-6,8-11,14,19H,4,7,12-13,15H2,(H,24,28)(H,25,26)/t19-/m0/s1. The van der Waals surface area contributed by atoms with Crippen LogP contribution in [0.5, 0.6) is 0 Å². The lowest BCUT2D eigenvalue weighted by Crippen LogP contribution is -2.48. The van der Waals surface area contributed by atoms with Gasteiger partial charge in [0.05, 0.1) is 12.1 Å². The molecule has 6 heteroatoms. The first-order valence-electron chi connectivity index (χ1n) is 9.57. The zero-order chi connectivity index (χ0) is 19.3. The Bertz CT molecular complexity index is 923. The summed E-state index contributed by atoms with van der Waals surface area (Å²) >= 11 is 5.90. The fourth-order valence-electron chi connectivity index (χ4n) is 3.61. The number of aromatic amines is 1. The van der Waals surface area contributed by atoms with E-state index in [9.17, 15) is 4.79 Å². The van der Waals surface area contributed by atoms with Gasteiger partial charge in [-0.2, -0.15) is 5.10 Å². The second kappa shape index (κ2) is 8.48. The molecule has 2 N–H and O–H groups in total. The van der Waals surface area contributed by atoms with Crippen LogP contribution in [0.1, 0.15) is 18.4 Å². The number of benzene rings is 2. The second-order valence-corrected chi connectivity index (χ2v) is 7.60. The molecule has 1 atom stereocenters. The molecular weight excluding hydrogens is 372 g/mol. The van der Waals surface area contributed by atoms with Gasteiger partial charge in [0.25, 0.3) is 0 Å². The summed E-state index contributed by atoms with van der Waals surface area (Å²) in [5.74, 6) is 0.969. The highest BCUT2D eigenvalue weighted by atomic mass is 35.5. The Kier molecular flexibility index (Phi) is 5.63. The van der Waals surface area contributed by atoms with Gasteiger partial charge in [-0.25, -0.2) is 0 Å². The third kappa shape index (κ3) is 4.54. The lowest BCUT2D eigenvalue weighted by Gasteiger charge is -2.33. The number of rotatable bonds is 5. The molecule has 1 amide bonds. The lowest BCUT2D eigenvalue weighted by molar-refractivity contribution is -0.121. The molecule has 4 rings (SSSR count). The molecule has 1 fully saturated rings. The molecule has 28 heavy (non-hydrogen) atoms. The highest BCUT2D eigenvalue weighted by molar-refractivity contribution is 6.30. The van der Waals surface area contributed by atoms with Gasteiger partial charge in [-0.15, -0.1) is 0 Å². The zero-order valence-electron chi connectivity index (χ0n) is 15.6. The van der Waals surface area contributed by atoms with Gasteiger partial charge in [0.1, 0.15) is 0 Å². The quantitative estimate of drug-likeness (QED) is 0.686. The SMILES string of the molecule is O=C(Cc1ccc(Cl)cc1)N[C@H]1CCCN(c2cc(-c3ccccc3)[nH]n2)C1. The number of anilines is 1. The van der Waals surface area contributed by atoms with E-state index in [1.54, 1.807) is 0 Å². The minimum absolute atomic E-state index is 0.0428. The number of hydrogen-bond donors (Lipinski definition) is 2. The third-order valence-corrected chi connectivity index (χ3v) is 5.29. The Labute approximate surface area is 169 Å². The molecule has 0 radical (unpaired) electrons. The lowest BCUT2D eigenvalue weighted by atomic mass is 10.0. The smallest absolute Gasteiger partial charge is 0.224 e. The number of H-pyrrole nitrogens is 1. The summed E-state index contributed by atoms with van der Waals surface area (Å²) in [4.78, 5) is 14.6. The molecule has 1 aliphatic rings. The van der Waals surface area contributed by atoms with Crippen LogP contribution in [-0.4, -0.2) is 35.2 Å². The summed E-state index contributed by atoms with van der Waals surface area (Å²) in [6.07, 6.45) is 2.38. The molecule has 1 aromatic heterocycles. The van der Waals surface area contributed by atoms with Crippen molar-refractivity contribution in [3.8, 4) is 11.3 Å². The van der Waals surface area contributed by atoms with E-state index in [1.807, 2.05) is 42.5 Å². The molecule has 2 aromatic carbocycles. The van der Waals surface area contributed by atoms with Crippen LogP contribution in [0.4, 0.5) is 5.82 Å². The number of carbonyl (C=O) groups excluding carboxylic acids is 1. The fraction of sp³-hybridized carbons (Fsp3) is 0.273. The molecule has 0 bridgehead atoms. The van der Waals surface area contributed by atoms with Gasteiger partial charge in [-0.3, -0.25) is 9.89 Å². The van der Waals surface area contributed by atoms with Gasteiger partial charge in [-0.05, 0) is 36.1 Å². The maximum Gasteiger partial charge on any atom is 0.224 e. The van der Waals surface area contributed by atoms with Gasteiger partial charge in [0.2, 0.25) is 5.91 Å². The largest absolute Gasteiger partial charge is 0.353 e. The summed E-state index contributed by atoms with van der Waals surface area (Å²) in [5.41, 5.74) is 3.09. The molecule has 5 nitrogen and oxygen atoms in total. The number of hydrogen-bond acceptors (Lipinski definition) is 3. The average molecular weight is 395 g/mol. The molecule has 0 spiro atoms. The number of halogens is 1. The Morgan fingerprint density at radius 2 is 1.96 bits per heavy atom. The molecule has 0 unspecified atom stereocenters. The molecule has 2 heterocycles. The average Bonchev–Trinajstić information content (AvgIpc) is 3.21. The second-order valence-electron chi connectivity index (χ2n) is 7.16. The number of carbonyl (C=O) groups is 1. The maximum atomic E-state index is 12.4. The van der Waals surface area contributed by atoms with Crippen LogP contribution in [-0.2, 0) is 11.2 Å². The van der Waals surface area contributed by atoms with E-state index >= 15 is 0 Å². The van der Waals surface area contributed by atoms with E-state index in [-0.39, 0.29) is 11.9 Å². The summed E-state index contributed by atoms with van der Waals surface area (Å²) < 4.78 is 0. The molecule has 1 saturated heterocycles. The first-order chi connectivity index (χ1) is 13.7. The van der Waals surface area contributed by atoms with Crippen LogP contribution >= 0.6 is 11.6 Å². The van der Waals surface area contributed by atoms with Gasteiger partial charge < -0.3 is 10.2 Å². The van der Waals surface area contributed by atoms with Gasteiger partial charge >= 0.3 is 0 Å². The van der Waals surface area contributed by atoms with Crippen molar-refractivity contribution in [3.05, 3.63) is 71.2 Å². The minimum atomic E-state index is 0.0428. The Hall–Kier alpha value is -2.79. The molecule has 0 aliphatic carbocycles. The van der Waals surface area contributed by atoms with Crippen LogP contribution in [0.3, 0.4) is 0 Å². The topological polar surface area (TPSA) is 61.0 Å². The number of aromatic nitrogens is 2. The third-order valence-electron chi connectivity index (χ3n) is 5.04. The first-order valence-corrected chi connectivity index (χ1v) is 9.95. The number of piperidine rings is 1. The van der Waals surface area contributed by atoms with Gasteiger partial charge in [0.15, 0.2) is 5.82 Å². The van der Waals surface area contributed by atoms with Gasteiger partial charge in [0, 0.05) is 30.2 Å². The van der Waals surface area contributed by atoms with Crippen molar-refractivity contribution in [1.29, 1.82) is 0 Å². The number of nitrogens with one attached hydrogen (secondary N) is 2. The summed E-state index contributed by atoms with van der Waals surface area (Å²) in [6, 6.07) is 19.8. The van der Waals surface area contributed by atoms with E-state index in [1.165, 1.54) is 0 Å². The van der Waals surface area contributed by atoms with Crippen LogP contribution < -0.4 is 10.2 Å². The molecule has 144 valence electrons. The molecule has 0 saturated carbocycles. The molecule has 3 aromatic rings. The van der Waals surface area contributed by atoms with Crippen molar-refractivity contribution in [2.45, 2.75) is 25.3 Å². The highest BCUT2D eigenvalue weighted by Gasteiger charge is 2.23. The predicted molar refractivity (Wildman–Crippen MR) is 113 cm³/mol. The number of nitrogens with zero attached hydrogens (tertiary/aromatic N) is 2. The van der Waals surface area contributed by atoms with Crippen LogP contribution in [0.25, 0.3) is 11.3 Å². The highest BCUT2D eigenvalue weighted by Crippen LogP contribution is 2.24. The van der Waals surface area contributed by atoms with Crippen LogP contribution in [0.15, 0.2) is 60.7 Å². The summed E-state index contributed by atoms with van der Waals surface area (Å²) in [6.45, 7) is 1.72. The van der Waals surface area contributed by atoms with Crippen molar-refractivity contribution >= 4 is 23.3 Å². The summed E-state index contributed by atoms with van der Waals surface area (Å²) in [7, 11) is 0. The van der Waals surface area contributed by atoms with Crippen LogP contribution in [0.2, 0.25) is 5.02 Å². The monoisotopic (exact) mass is 394 g/mol. The van der Waals surface area contributed by atoms with E-state index in [0.29, 0.717) is 11.4 Å². The van der Waals surface area contributed by atoms with Crippen LogP contribution in [0, 0.1) is 0 Å². The van der Waals surface area contributed by atoms with Gasteiger partial charge in [-0.1, -0.05) is 54.1 Å². The molecule has 1 aliphatic heterocycles.